The van der Waals surface area contributed by atoms with E-state index >= 15 is 0 Å². The Balaban J connectivity index is 2.01. The van der Waals surface area contributed by atoms with E-state index < -0.39 is 54.3 Å². The highest BCUT2D eigenvalue weighted by atomic mass is 32.2. The van der Waals surface area contributed by atoms with Crippen LogP contribution in [0.1, 0.15) is 82.7 Å². The van der Waals surface area contributed by atoms with Gasteiger partial charge < -0.3 is 17.8 Å². The van der Waals surface area contributed by atoms with Crippen molar-refractivity contribution in [3.63, 3.8) is 0 Å². The fourth-order valence-corrected chi connectivity index (χ4v) is 7.82. The molecule has 0 aromatic heterocycles. The van der Waals surface area contributed by atoms with Crippen LogP contribution in [0.5, 0.6) is 23.0 Å². The van der Waals surface area contributed by atoms with E-state index in [0.717, 1.165) is 11.1 Å². The lowest BCUT2D eigenvalue weighted by Crippen LogP contribution is -2.37. The summed E-state index contributed by atoms with van der Waals surface area (Å²) in [6, 6.07) is 0. The highest BCUT2D eigenvalue weighted by molar-refractivity contribution is 7.88. The van der Waals surface area contributed by atoms with Crippen molar-refractivity contribution in [3.05, 3.63) is 77.9 Å². The summed E-state index contributed by atoms with van der Waals surface area (Å²) in [5.74, 6) is -2.93. The van der Waals surface area contributed by atoms with Crippen LogP contribution >= 0.6 is 0 Å². The van der Waals surface area contributed by atoms with Gasteiger partial charge in [0.05, 0.1) is 16.7 Å². The first kappa shape index (κ1) is 36.3. The van der Waals surface area contributed by atoms with Gasteiger partial charge in [0, 0.05) is 16.7 Å². The van der Waals surface area contributed by atoms with Gasteiger partial charge in [0.15, 0.2) is 17.1 Å². The molecule has 0 saturated heterocycles. The Kier molecular flexibility index (Phi) is 7.97. The molecule has 0 fully saturated rings. The fraction of sp³-hybridized carbons (Fsp3) is 0.406. The molecule has 2 heterocycles. The second-order valence-corrected chi connectivity index (χ2v) is 15.3. The summed E-state index contributed by atoms with van der Waals surface area (Å²) >= 11 is 0. The predicted molar refractivity (Wildman–Crippen MR) is 163 cm³/mol. The molecule has 0 radical (unpaired) electrons. The van der Waals surface area contributed by atoms with Crippen LogP contribution in [0.3, 0.4) is 0 Å². The average Bonchev–Trinajstić information content (AvgIpc) is 3.27. The number of halogens is 6. The van der Waals surface area contributed by atoms with Crippen molar-refractivity contribution in [2.45, 2.75) is 85.9 Å². The van der Waals surface area contributed by atoms with E-state index in [2.05, 4.69) is 8.37 Å². The molecule has 0 amide bonds. The van der Waals surface area contributed by atoms with Gasteiger partial charge >= 0.3 is 37.2 Å². The van der Waals surface area contributed by atoms with Gasteiger partial charge in [-0.05, 0) is 114 Å². The minimum absolute atomic E-state index is 0.0690. The van der Waals surface area contributed by atoms with Crippen molar-refractivity contribution >= 4 is 26.2 Å². The number of ether oxygens (including phenoxy) is 2. The van der Waals surface area contributed by atoms with Crippen LogP contribution in [0.15, 0.2) is 0 Å². The van der Waals surface area contributed by atoms with Gasteiger partial charge in [-0.3, -0.25) is 0 Å². The Hall–Kier alpha value is -3.99. The Morgan fingerprint density at radius 1 is 0.510 bits per heavy atom. The molecule has 0 aliphatic carbocycles. The van der Waals surface area contributed by atoms with Crippen molar-refractivity contribution in [3.8, 4) is 23.0 Å². The molecule has 0 unspecified atom stereocenters. The summed E-state index contributed by atoms with van der Waals surface area (Å²) in [4.78, 5) is 14.0. The van der Waals surface area contributed by atoms with Crippen LogP contribution in [-0.2, 0) is 30.6 Å². The Bertz CT molecular complexity index is 2140. The number of esters is 1. The normalized spacial score (nSPS) is 15.4. The molecule has 266 valence electrons. The lowest BCUT2D eigenvalue weighted by Gasteiger charge is -2.42. The van der Waals surface area contributed by atoms with Crippen LogP contribution in [0, 0.1) is 69.2 Å². The second-order valence-electron chi connectivity index (χ2n) is 12.2. The third-order valence-corrected chi connectivity index (χ3v) is 11.6. The minimum Gasteiger partial charge on any atom is -0.456 e. The minimum atomic E-state index is -6.20. The molecule has 1 spiro atoms. The van der Waals surface area contributed by atoms with Crippen LogP contribution < -0.4 is 13.1 Å². The molecule has 3 aromatic carbocycles. The maximum absolute atomic E-state index is 14.0. The van der Waals surface area contributed by atoms with Gasteiger partial charge in [0.1, 0.15) is 11.5 Å². The van der Waals surface area contributed by atoms with Gasteiger partial charge in [-0.15, -0.1) is 0 Å². The van der Waals surface area contributed by atoms with Crippen LogP contribution in [0.25, 0.3) is 0 Å². The SMILES string of the molecule is Cc1c(C)c(C)c2c(c1C)C(=O)OC21c2c(C)c(C)c(OS(=O)(=O)C(F)(F)F)c(C)c2Oc2c(C)c(OS(=O)(=O)C(F)(F)F)c(C)c(C)c21. The topological polar surface area (TPSA) is 122 Å². The largest absolute Gasteiger partial charge is 0.534 e. The van der Waals surface area contributed by atoms with Crippen molar-refractivity contribution in [2.75, 3.05) is 0 Å². The standard InChI is InChI=1S/C32H30F6O9S2/c1-11-12(2)14(4)22-21(13(11)3)29(39)45-30(22)23-15(5)17(7)25(46-48(40,41)31(33,34)35)19(9)27(23)44-28-20(10)26(18(8)16(6)24(28)30)47-49(42,43)32(36,37)38/h1-10H3. The highest BCUT2D eigenvalue weighted by Gasteiger charge is 2.59. The van der Waals surface area contributed by atoms with Crippen LogP contribution in [-0.4, -0.2) is 33.8 Å². The zero-order valence-corrected chi connectivity index (χ0v) is 29.4. The van der Waals surface area contributed by atoms with Gasteiger partial charge in [0.25, 0.3) is 0 Å². The number of hydrogen-bond donors (Lipinski definition) is 0. The molecular weight excluding hydrogens is 706 g/mol. The molecule has 5 rings (SSSR count). The van der Waals surface area contributed by atoms with E-state index in [4.69, 9.17) is 9.47 Å². The lowest BCUT2D eigenvalue weighted by atomic mass is 9.69. The van der Waals surface area contributed by atoms with E-state index in [1.165, 1.54) is 41.5 Å². The molecule has 2 aliphatic heterocycles. The van der Waals surface area contributed by atoms with Crippen molar-refractivity contribution in [2.24, 2.45) is 0 Å². The number of carbonyl (C=O) groups is 1. The summed E-state index contributed by atoms with van der Waals surface area (Å²) in [5, 5.41) is 0. The molecular formula is C32H30F6O9S2. The molecule has 0 bridgehead atoms. The first-order valence-corrected chi connectivity index (χ1v) is 17.3. The highest BCUT2D eigenvalue weighted by Crippen LogP contribution is 2.63. The van der Waals surface area contributed by atoms with Crippen LogP contribution in [0.4, 0.5) is 26.3 Å². The molecule has 2 aliphatic rings. The molecule has 17 heteroatoms. The number of fused-ring (bicyclic) bond motifs is 6. The van der Waals surface area contributed by atoms with Gasteiger partial charge in [0.2, 0.25) is 0 Å². The molecule has 0 atom stereocenters. The van der Waals surface area contributed by atoms with E-state index in [1.807, 2.05) is 0 Å². The summed E-state index contributed by atoms with van der Waals surface area (Å²) in [5.41, 5.74) is -10.7. The molecule has 9 nitrogen and oxygen atoms in total. The second kappa shape index (κ2) is 10.8. The zero-order chi connectivity index (χ0) is 37.3. The van der Waals surface area contributed by atoms with E-state index in [-0.39, 0.29) is 61.6 Å². The summed E-state index contributed by atoms with van der Waals surface area (Å²) < 4.78 is 151. The Morgan fingerprint density at radius 3 is 1.22 bits per heavy atom. The first-order valence-electron chi connectivity index (χ1n) is 14.5. The maximum Gasteiger partial charge on any atom is 0.534 e. The van der Waals surface area contributed by atoms with Gasteiger partial charge in [-0.2, -0.15) is 43.2 Å². The van der Waals surface area contributed by atoms with Crippen LogP contribution in [0.2, 0.25) is 0 Å². The number of benzene rings is 3. The maximum atomic E-state index is 14.0. The summed E-state index contributed by atoms with van der Waals surface area (Å²) in [6.45, 7) is 14.9. The Labute approximate surface area is 278 Å². The third-order valence-electron chi connectivity index (χ3n) is 9.72. The van der Waals surface area contributed by atoms with Gasteiger partial charge in [-0.25, -0.2) is 4.79 Å². The first-order chi connectivity index (χ1) is 22.2. The zero-order valence-electron chi connectivity index (χ0n) is 27.8. The predicted octanol–water partition coefficient (Wildman–Crippen LogP) is 7.80. The third kappa shape index (κ3) is 4.81. The lowest BCUT2D eigenvalue weighted by molar-refractivity contribution is -0.0505. The molecule has 49 heavy (non-hydrogen) atoms. The quantitative estimate of drug-likeness (QED) is 0.114. The van der Waals surface area contributed by atoms with E-state index in [1.54, 1.807) is 27.7 Å². The molecule has 0 saturated carbocycles. The van der Waals surface area contributed by atoms with E-state index in [9.17, 15) is 48.0 Å². The summed E-state index contributed by atoms with van der Waals surface area (Å²) in [7, 11) is -12.4. The van der Waals surface area contributed by atoms with Crippen molar-refractivity contribution in [1.29, 1.82) is 0 Å². The summed E-state index contributed by atoms with van der Waals surface area (Å²) in [6.07, 6.45) is 0. The van der Waals surface area contributed by atoms with Gasteiger partial charge in [-0.1, -0.05) is 0 Å². The monoisotopic (exact) mass is 736 g/mol. The average molecular weight is 737 g/mol. The number of rotatable bonds is 4. The molecule has 0 N–H and O–H groups in total. The number of alkyl halides is 6. The smallest absolute Gasteiger partial charge is 0.456 e. The van der Waals surface area contributed by atoms with Crippen molar-refractivity contribution < 1.29 is 65.8 Å². The van der Waals surface area contributed by atoms with Crippen molar-refractivity contribution in [1.82, 2.24) is 0 Å². The number of hydrogen-bond acceptors (Lipinski definition) is 9. The molecule has 3 aromatic rings. The fourth-order valence-electron chi connectivity index (χ4n) is 6.69. The number of carbonyl (C=O) groups excluding carboxylic acids is 1. The van der Waals surface area contributed by atoms with E-state index in [0.29, 0.717) is 16.7 Å². The Morgan fingerprint density at radius 2 is 0.857 bits per heavy atom.